The Bertz CT molecular complexity index is 496. The number of benzene rings is 1. The molecule has 5 heteroatoms. The van der Waals surface area contributed by atoms with Gasteiger partial charge in [0, 0.05) is 31.9 Å². The van der Waals surface area contributed by atoms with Crippen molar-refractivity contribution in [1.82, 2.24) is 10.2 Å². The molecular formula is C15H21N3O2. The van der Waals surface area contributed by atoms with Gasteiger partial charge in [-0.2, -0.15) is 0 Å². The van der Waals surface area contributed by atoms with Crippen LogP contribution in [-0.4, -0.2) is 43.9 Å². The smallest absolute Gasteiger partial charge is 0.253 e. The molecule has 0 aliphatic carbocycles. The molecule has 2 amide bonds. The van der Waals surface area contributed by atoms with Crippen molar-refractivity contribution in [3.8, 4) is 0 Å². The molecule has 20 heavy (non-hydrogen) atoms. The van der Waals surface area contributed by atoms with Crippen LogP contribution in [-0.2, 0) is 4.79 Å². The van der Waals surface area contributed by atoms with E-state index in [-0.39, 0.29) is 17.7 Å². The summed E-state index contributed by atoms with van der Waals surface area (Å²) in [7, 11) is 3.43. The van der Waals surface area contributed by atoms with E-state index in [1.807, 2.05) is 0 Å². The number of amides is 2. The molecule has 1 heterocycles. The summed E-state index contributed by atoms with van der Waals surface area (Å²) in [6.45, 7) is 3.68. The number of rotatable bonds is 3. The molecule has 0 bridgehead atoms. The molecule has 1 aromatic rings. The number of hydrogen-bond acceptors (Lipinski definition) is 3. The van der Waals surface area contributed by atoms with Gasteiger partial charge in [0.15, 0.2) is 0 Å². The predicted molar refractivity (Wildman–Crippen MR) is 78.6 cm³/mol. The Morgan fingerprint density at radius 3 is 2.35 bits per heavy atom. The van der Waals surface area contributed by atoms with Gasteiger partial charge in [-0.05, 0) is 36.7 Å². The van der Waals surface area contributed by atoms with Crippen LogP contribution in [0.1, 0.15) is 17.3 Å². The number of nitrogens with one attached hydrogen (secondary N) is 2. The molecule has 1 aromatic carbocycles. The average Bonchev–Trinajstić information content (AvgIpc) is 2.85. The Kier molecular flexibility index (Phi) is 4.39. The third-order valence-electron chi connectivity index (χ3n) is 3.66. The van der Waals surface area contributed by atoms with Gasteiger partial charge in [-0.25, -0.2) is 0 Å². The van der Waals surface area contributed by atoms with Gasteiger partial charge in [-0.3, -0.25) is 9.59 Å². The highest BCUT2D eigenvalue weighted by atomic mass is 16.2. The molecule has 108 valence electrons. The van der Waals surface area contributed by atoms with Crippen LogP contribution in [0.3, 0.4) is 0 Å². The second kappa shape index (κ2) is 6.05. The van der Waals surface area contributed by atoms with E-state index in [0.29, 0.717) is 11.5 Å². The summed E-state index contributed by atoms with van der Waals surface area (Å²) in [5.74, 6) is 0.355. The molecule has 1 aliphatic rings. The van der Waals surface area contributed by atoms with E-state index in [1.54, 1.807) is 38.4 Å². The fourth-order valence-electron chi connectivity index (χ4n) is 2.35. The van der Waals surface area contributed by atoms with E-state index in [9.17, 15) is 9.59 Å². The minimum absolute atomic E-state index is 0.0121. The molecule has 2 atom stereocenters. The highest BCUT2D eigenvalue weighted by Gasteiger charge is 2.29. The van der Waals surface area contributed by atoms with Crippen LogP contribution in [0.15, 0.2) is 24.3 Å². The molecule has 0 spiro atoms. The maximum atomic E-state index is 12.1. The van der Waals surface area contributed by atoms with E-state index in [0.717, 1.165) is 18.8 Å². The van der Waals surface area contributed by atoms with E-state index < -0.39 is 0 Å². The van der Waals surface area contributed by atoms with Crippen molar-refractivity contribution >= 4 is 17.5 Å². The Hall–Kier alpha value is -1.88. The van der Waals surface area contributed by atoms with Crippen molar-refractivity contribution in [2.24, 2.45) is 11.8 Å². The maximum Gasteiger partial charge on any atom is 0.253 e. The Labute approximate surface area is 119 Å². The Balaban J connectivity index is 2.00. The highest BCUT2D eigenvalue weighted by molar-refractivity contribution is 5.96. The van der Waals surface area contributed by atoms with Gasteiger partial charge in [-0.1, -0.05) is 6.92 Å². The Morgan fingerprint density at radius 2 is 1.85 bits per heavy atom. The van der Waals surface area contributed by atoms with E-state index in [1.165, 1.54) is 4.90 Å². The number of carbonyl (C=O) groups is 2. The van der Waals surface area contributed by atoms with Crippen LogP contribution in [0.4, 0.5) is 5.69 Å². The summed E-state index contributed by atoms with van der Waals surface area (Å²) in [6, 6.07) is 6.99. The van der Waals surface area contributed by atoms with Crippen LogP contribution in [0, 0.1) is 11.8 Å². The van der Waals surface area contributed by atoms with E-state index in [4.69, 9.17) is 0 Å². The van der Waals surface area contributed by atoms with E-state index >= 15 is 0 Å². The summed E-state index contributed by atoms with van der Waals surface area (Å²) in [5, 5.41) is 6.12. The van der Waals surface area contributed by atoms with Crippen molar-refractivity contribution in [2.45, 2.75) is 6.92 Å². The molecule has 0 radical (unpaired) electrons. The predicted octanol–water partition coefficient (Wildman–Crippen LogP) is 1.18. The minimum Gasteiger partial charge on any atom is -0.345 e. The second-order valence-corrected chi connectivity index (χ2v) is 5.51. The third-order valence-corrected chi connectivity index (χ3v) is 3.66. The van der Waals surface area contributed by atoms with Crippen LogP contribution >= 0.6 is 0 Å². The fourth-order valence-corrected chi connectivity index (χ4v) is 2.35. The average molecular weight is 275 g/mol. The fraction of sp³-hybridized carbons (Fsp3) is 0.467. The first-order chi connectivity index (χ1) is 9.49. The standard InChI is InChI=1S/C15H21N3O2/c1-10-8-16-9-13(10)14(19)17-12-6-4-11(5-7-12)15(20)18(2)3/h4-7,10,13,16H,8-9H2,1-3H3,(H,17,19). The SMILES string of the molecule is CC1CNCC1C(=O)Nc1ccc(C(=O)N(C)C)cc1. The second-order valence-electron chi connectivity index (χ2n) is 5.51. The lowest BCUT2D eigenvalue weighted by Gasteiger charge is -2.15. The molecule has 5 nitrogen and oxygen atoms in total. The van der Waals surface area contributed by atoms with Crippen molar-refractivity contribution in [1.29, 1.82) is 0 Å². The summed E-state index contributed by atoms with van der Waals surface area (Å²) in [6.07, 6.45) is 0. The zero-order valence-corrected chi connectivity index (χ0v) is 12.1. The summed E-state index contributed by atoms with van der Waals surface area (Å²) >= 11 is 0. The van der Waals surface area contributed by atoms with Crippen molar-refractivity contribution < 1.29 is 9.59 Å². The topological polar surface area (TPSA) is 61.4 Å². The molecule has 1 aliphatic heterocycles. The quantitative estimate of drug-likeness (QED) is 0.871. The van der Waals surface area contributed by atoms with E-state index in [2.05, 4.69) is 17.6 Å². The number of anilines is 1. The molecule has 0 aromatic heterocycles. The molecular weight excluding hydrogens is 254 g/mol. The molecule has 2 unspecified atom stereocenters. The number of hydrogen-bond donors (Lipinski definition) is 2. The first-order valence-electron chi connectivity index (χ1n) is 6.82. The van der Waals surface area contributed by atoms with Crippen LogP contribution in [0.2, 0.25) is 0 Å². The molecule has 2 N–H and O–H groups in total. The Morgan fingerprint density at radius 1 is 1.20 bits per heavy atom. The molecule has 1 fully saturated rings. The van der Waals surface area contributed by atoms with Gasteiger partial charge >= 0.3 is 0 Å². The largest absolute Gasteiger partial charge is 0.345 e. The first kappa shape index (κ1) is 14.5. The lowest BCUT2D eigenvalue weighted by Crippen LogP contribution is -2.27. The first-order valence-corrected chi connectivity index (χ1v) is 6.82. The maximum absolute atomic E-state index is 12.1. The number of carbonyl (C=O) groups excluding carboxylic acids is 2. The van der Waals surface area contributed by atoms with Gasteiger partial charge in [0.1, 0.15) is 0 Å². The van der Waals surface area contributed by atoms with Gasteiger partial charge in [-0.15, -0.1) is 0 Å². The summed E-state index contributed by atoms with van der Waals surface area (Å²) in [4.78, 5) is 25.4. The van der Waals surface area contributed by atoms with Crippen LogP contribution in [0.5, 0.6) is 0 Å². The van der Waals surface area contributed by atoms with Gasteiger partial charge in [0.2, 0.25) is 5.91 Å². The van der Waals surface area contributed by atoms with Gasteiger partial charge in [0.25, 0.3) is 5.91 Å². The van der Waals surface area contributed by atoms with Gasteiger partial charge < -0.3 is 15.5 Å². The minimum atomic E-state index is -0.0449. The van der Waals surface area contributed by atoms with Gasteiger partial charge in [0.05, 0.1) is 5.92 Å². The molecule has 1 saturated heterocycles. The lowest BCUT2D eigenvalue weighted by molar-refractivity contribution is -0.120. The lowest BCUT2D eigenvalue weighted by atomic mass is 9.97. The normalized spacial score (nSPS) is 21.6. The summed E-state index contributed by atoms with van der Waals surface area (Å²) < 4.78 is 0. The monoisotopic (exact) mass is 275 g/mol. The zero-order valence-electron chi connectivity index (χ0n) is 12.1. The number of nitrogens with zero attached hydrogens (tertiary/aromatic N) is 1. The van der Waals surface area contributed by atoms with Crippen LogP contribution in [0.25, 0.3) is 0 Å². The third kappa shape index (κ3) is 3.17. The van der Waals surface area contributed by atoms with Crippen molar-refractivity contribution in [3.63, 3.8) is 0 Å². The zero-order chi connectivity index (χ0) is 14.7. The molecule has 0 saturated carbocycles. The summed E-state index contributed by atoms with van der Waals surface area (Å²) in [5.41, 5.74) is 1.34. The molecule has 2 rings (SSSR count). The van der Waals surface area contributed by atoms with Crippen molar-refractivity contribution in [3.05, 3.63) is 29.8 Å². The highest BCUT2D eigenvalue weighted by Crippen LogP contribution is 2.19. The van der Waals surface area contributed by atoms with Crippen LogP contribution < -0.4 is 10.6 Å². The van der Waals surface area contributed by atoms with Crippen molar-refractivity contribution in [2.75, 3.05) is 32.5 Å².